The molecule has 1 nitrogen and oxygen atoms in total. The van der Waals surface area contributed by atoms with Gasteiger partial charge in [0.2, 0.25) is 0 Å². The summed E-state index contributed by atoms with van der Waals surface area (Å²) in [5.74, 6) is 0.0996. The maximum absolute atomic E-state index is 11.6. The third-order valence-electron chi connectivity index (χ3n) is 2.33. The zero-order valence-corrected chi connectivity index (χ0v) is 10.7. The van der Waals surface area contributed by atoms with Gasteiger partial charge in [-0.15, -0.1) is 0 Å². The molecule has 0 aliphatic heterocycles. The van der Waals surface area contributed by atoms with Crippen molar-refractivity contribution < 1.29 is 4.79 Å². The quantitative estimate of drug-likeness (QED) is 0.645. The van der Waals surface area contributed by atoms with Crippen molar-refractivity contribution in [1.82, 2.24) is 0 Å². The van der Waals surface area contributed by atoms with E-state index in [-0.39, 0.29) is 5.78 Å². The van der Waals surface area contributed by atoms with E-state index in [1.165, 1.54) is 0 Å². The summed E-state index contributed by atoms with van der Waals surface area (Å²) in [6.07, 6.45) is 1.74. The van der Waals surface area contributed by atoms with Gasteiger partial charge in [-0.05, 0) is 36.1 Å². The molecule has 0 atom stereocenters. The van der Waals surface area contributed by atoms with Crippen molar-refractivity contribution in [3.05, 3.63) is 46.0 Å². The second-order valence-electron chi connectivity index (χ2n) is 3.23. The fourth-order valence-corrected chi connectivity index (χ4v) is 1.93. The molecule has 1 aromatic rings. The summed E-state index contributed by atoms with van der Waals surface area (Å²) in [6.45, 7) is 7.76. The lowest BCUT2D eigenvalue weighted by molar-refractivity contribution is 0.102. The highest BCUT2D eigenvalue weighted by Crippen LogP contribution is 2.26. The average Bonchev–Trinajstić information content (AvgIpc) is 2.27. The summed E-state index contributed by atoms with van der Waals surface area (Å²) < 4.78 is 0.953. The highest BCUT2D eigenvalue weighted by molar-refractivity contribution is 9.10. The van der Waals surface area contributed by atoms with Gasteiger partial charge in [0.05, 0.1) is 0 Å². The molecule has 0 saturated heterocycles. The maximum Gasteiger partial charge on any atom is 0.188 e. The van der Waals surface area contributed by atoms with Crippen LogP contribution in [0.3, 0.4) is 0 Å². The molecule has 80 valence electrons. The SMILES string of the molecule is C=C1CCc2ccc(Br)cc2C1=O.CC. The molecule has 0 spiro atoms. The third kappa shape index (κ3) is 2.57. The summed E-state index contributed by atoms with van der Waals surface area (Å²) in [5.41, 5.74) is 2.68. The van der Waals surface area contributed by atoms with Crippen LogP contribution in [-0.4, -0.2) is 5.78 Å². The Bertz CT molecular complexity index is 394. The molecule has 0 aromatic heterocycles. The number of aryl methyl sites for hydroxylation is 1. The van der Waals surface area contributed by atoms with Crippen molar-refractivity contribution in [3.63, 3.8) is 0 Å². The smallest absolute Gasteiger partial charge is 0.188 e. The third-order valence-corrected chi connectivity index (χ3v) is 2.83. The van der Waals surface area contributed by atoms with Crippen LogP contribution in [0.4, 0.5) is 0 Å². The van der Waals surface area contributed by atoms with Crippen LogP contribution >= 0.6 is 15.9 Å². The van der Waals surface area contributed by atoms with Gasteiger partial charge in [-0.25, -0.2) is 0 Å². The van der Waals surface area contributed by atoms with Crippen molar-refractivity contribution in [3.8, 4) is 0 Å². The molecular formula is C13H15BrO. The summed E-state index contributed by atoms with van der Waals surface area (Å²) >= 11 is 3.36. The number of rotatable bonds is 0. The standard InChI is InChI=1S/C11H9BrO.C2H6/c1-7-2-3-8-4-5-9(12)6-10(8)11(7)13;1-2/h4-6H,1-3H2;1-2H3. The average molecular weight is 267 g/mol. The molecular weight excluding hydrogens is 252 g/mol. The summed E-state index contributed by atoms with van der Waals surface area (Å²) in [5, 5.41) is 0. The number of Topliss-reactive ketones (excluding diaryl/α,β-unsaturated/α-hetero) is 1. The molecule has 2 heteroatoms. The van der Waals surface area contributed by atoms with Crippen molar-refractivity contribution in [1.29, 1.82) is 0 Å². The second kappa shape index (κ2) is 5.26. The Labute approximate surface area is 99.3 Å². The summed E-state index contributed by atoms with van der Waals surface area (Å²) in [4.78, 5) is 11.6. The fourth-order valence-electron chi connectivity index (χ4n) is 1.57. The summed E-state index contributed by atoms with van der Waals surface area (Å²) in [7, 11) is 0. The first-order chi connectivity index (χ1) is 7.18. The molecule has 15 heavy (non-hydrogen) atoms. The lowest BCUT2D eigenvalue weighted by atomic mass is 9.88. The molecule has 0 heterocycles. The molecule has 1 aromatic carbocycles. The number of benzene rings is 1. The Balaban J connectivity index is 0.000000531. The van der Waals surface area contributed by atoms with Gasteiger partial charge in [-0.3, -0.25) is 4.79 Å². The van der Waals surface area contributed by atoms with Crippen LogP contribution in [0.2, 0.25) is 0 Å². The Morgan fingerprint density at radius 3 is 2.60 bits per heavy atom. The van der Waals surface area contributed by atoms with Crippen LogP contribution in [0, 0.1) is 0 Å². The van der Waals surface area contributed by atoms with Crippen molar-refractivity contribution in [2.24, 2.45) is 0 Å². The predicted molar refractivity (Wildman–Crippen MR) is 67.3 cm³/mol. The molecule has 0 fully saturated rings. The molecule has 2 rings (SSSR count). The van der Waals surface area contributed by atoms with Gasteiger partial charge in [0.25, 0.3) is 0 Å². The van der Waals surface area contributed by atoms with Crippen LogP contribution in [0.1, 0.15) is 36.2 Å². The largest absolute Gasteiger partial charge is 0.289 e. The number of halogens is 1. The second-order valence-corrected chi connectivity index (χ2v) is 4.15. The van der Waals surface area contributed by atoms with E-state index in [1.54, 1.807) is 0 Å². The van der Waals surface area contributed by atoms with E-state index in [0.29, 0.717) is 0 Å². The van der Waals surface area contributed by atoms with Gasteiger partial charge < -0.3 is 0 Å². The van der Waals surface area contributed by atoms with Crippen molar-refractivity contribution in [2.45, 2.75) is 26.7 Å². The minimum absolute atomic E-state index is 0.0996. The number of hydrogen-bond acceptors (Lipinski definition) is 1. The molecule has 0 amide bonds. The number of carbonyl (C=O) groups is 1. The molecule has 0 radical (unpaired) electrons. The van der Waals surface area contributed by atoms with Crippen molar-refractivity contribution in [2.75, 3.05) is 0 Å². The Kier molecular flexibility index (Phi) is 4.28. The van der Waals surface area contributed by atoms with Gasteiger partial charge in [-0.1, -0.05) is 42.4 Å². The number of allylic oxidation sites excluding steroid dienone is 1. The minimum Gasteiger partial charge on any atom is -0.289 e. The number of ketones is 1. The fraction of sp³-hybridized carbons (Fsp3) is 0.308. The molecule has 1 aliphatic carbocycles. The Hall–Kier alpha value is -0.890. The first-order valence-electron chi connectivity index (χ1n) is 5.19. The van der Waals surface area contributed by atoms with Gasteiger partial charge in [0.1, 0.15) is 0 Å². The van der Waals surface area contributed by atoms with Crippen molar-refractivity contribution >= 4 is 21.7 Å². The first-order valence-corrected chi connectivity index (χ1v) is 5.98. The van der Waals surface area contributed by atoms with E-state index < -0.39 is 0 Å². The molecule has 0 bridgehead atoms. The highest BCUT2D eigenvalue weighted by Gasteiger charge is 2.19. The highest BCUT2D eigenvalue weighted by atomic mass is 79.9. The van der Waals surface area contributed by atoms with Gasteiger partial charge in [0, 0.05) is 10.0 Å². The van der Waals surface area contributed by atoms with E-state index in [1.807, 2.05) is 32.0 Å². The zero-order valence-electron chi connectivity index (χ0n) is 9.14. The van der Waals surface area contributed by atoms with Crippen LogP contribution in [0.25, 0.3) is 0 Å². The topological polar surface area (TPSA) is 17.1 Å². The lowest BCUT2D eigenvalue weighted by Gasteiger charge is -2.16. The number of hydrogen-bond donors (Lipinski definition) is 0. The van der Waals surface area contributed by atoms with E-state index in [2.05, 4.69) is 22.5 Å². The van der Waals surface area contributed by atoms with Crippen LogP contribution in [-0.2, 0) is 6.42 Å². The van der Waals surface area contributed by atoms with E-state index in [4.69, 9.17) is 0 Å². The van der Waals surface area contributed by atoms with Crippen LogP contribution in [0.15, 0.2) is 34.8 Å². The Morgan fingerprint density at radius 1 is 1.27 bits per heavy atom. The molecule has 0 saturated carbocycles. The van der Waals surface area contributed by atoms with E-state index in [0.717, 1.165) is 34.0 Å². The van der Waals surface area contributed by atoms with Crippen LogP contribution in [0.5, 0.6) is 0 Å². The summed E-state index contributed by atoms with van der Waals surface area (Å²) in [6, 6.07) is 5.85. The van der Waals surface area contributed by atoms with Gasteiger partial charge in [-0.2, -0.15) is 0 Å². The van der Waals surface area contributed by atoms with E-state index >= 15 is 0 Å². The van der Waals surface area contributed by atoms with Crippen LogP contribution < -0.4 is 0 Å². The maximum atomic E-state index is 11.6. The lowest BCUT2D eigenvalue weighted by Crippen LogP contribution is -2.12. The number of fused-ring (bicyclic) bond motifs is 1. The normalized spacial score (nSPS) is 14.1. The predicted octanol–water partition coefficient (Wildman–Crippen LogP) is 4.16. The number of carbonyl (C=O) groups excluding carboxylic acids is 1. The zero-order chi connectivity index (χ0) is 11.4. The molecule has 1 aliphatic rings. The minimum atomic E-state index is 0.0996. The monoisotopic (exact) mass is 266 g/mol. The first kappa shape index (κ1) is 12.2. The van der Waals surface area contributed by atoms with E-state index in [9.17, 15) is 4.79 Å². The molecule has 0 unspecified atom stereocenters. The Morgan fingerprint density at radius 2 is 1.93 bits per heavy atom. The molecule has 0 N–H and O–H groups in total. The van der Waals surface area contributed by atoms with Gasteiger partial charge >= 0.3 is 0 Å². The van der Waals surface area contributed by atoms with Gasteiger partial charge in [0.15, 0.2) is 5.78 Å².